The molecule has 0 spiro atoms. The number of rotatable bonds is 5. The number of carbonyl (C=O) groups excluding carboxylic acids is 2. The van der Waals surface area contributed by atoms with Gasteiger partial charge in [0.2, 0.25) is 0 Å². The topological polar surface area (TPSA) is 76.8 Å². The van der Waals surface area contributed by atoms with Gasteiger partial charge in [-0.1, -0.05) is 36.4 Å². The van der Waals surface area contributed by atoms with Crippen LogP contribution in [0.4, 0.5) is 5.69 Å². The zero-order valence-corrected chi connectivity index (χ0v) is 18.9. The number of likely N-dealkylation sites (N-methyl/N-ethyl adjacent to an activating group) is 1. The molecule has 0 saturated heterocycles. The normalized spacial score (nSPS) is 13.4. The number of hydrogen-bond donors (Lipinski definition) is 0. The molecule has 0 saturated carbocycles. The number of nitriles is 1. The second-order valence-electron chi connectivity index (χ2n) is 8.59. The van der Waals surface area contributed by atoms with Gasteiger partial charge in [-0.25, -0.2) is 0 Å². The van der Waals surface area contributed by atoms with Crippen LogP contribution in [0.2, 0.25) is 0 Å². The van der Waals surface area contributed by atoms with Crippen LogP contribution in [0.1, 0.15) is 31.8 Å². The van der Waals surface area contributed by atoms with Crippen molar-refractivity contribution in [3.05, 3.63) is 89.0 Å². The molecule has 6 nitrogen and oxygen atoms in total. The SMILES string of the molecule is CN(C)CCN1C(=O)c2cccc3cc4cccc(N=Cc5ccc(C#N)cc5)c4c(c23)C1=O. The van der Waals surface area contributed by atoms with Crippen LogP contribution in [0.5, 0.6) is 0 Å². The molecule has 0 radical (unpaired) electrons. The van der Waals surface area contributed by atoms with Crippen molar-refractivity contribution >= 4 is 45.3 Å². The fourth-order valence-electron chi connectivity index (χ4n) is 4.38. The monoisotopic (exact) mass is 446 g/mol. The van der Waals surface area contributed by atoms with Crippen molar-refractivity contribution in [3.8, 4) is 6.07 Å². The van der Waals surface area contributed by atoms with Crippen molar-refractivity contribution in [1.29, 1.82) is 5.26 Å². The summed E-state index contributed by atoms with van der Waals surface area (Å²) >= 11 is 0. The molecular weight excluding hydrogens is 424 g/mol. The molecule has 1 aliphatic heterocycles. The summed E-state index contributed by atoms with van der Waals surface area (Å²) < 4.78 is 0. The molecule has 4 aromatic carbocycles. The van der Waals surface area contributed by atoms with Gasteiger partial charge in [-0.05, 0) is 60.8 Å². The summed E-state index contributed by atoms with van der Waals surface area (Å²) in [4.78, 5) is 35.0. The van der Waals surface area contributed by atoms with E-state index >= 15 is 0 Å². The summed E-state index contributed by atoms with van der Waals surface area (Å²) in [5.74, 6) is -0.551. The van der Waals surface area contributed by atoms with Gasteiger partial charge in [-0.15, -0.1) is 0 Å². The van der Waals surface area contributed by atoms with E-state index in [1.165, 1.54) is 4.90 Å². The highest BCUT2D eigenvalue weighted by Gasteiger charge is 2.34. The minimum absolute atomic E-state index is 0.261. The first kappa shape index (κ1) is 21.5. The zero-order valence-electron chi connectivity index (χ0n) is 18.9. The molecule has 0 N–H and O–H groups in total. The van der Waals surface area contributed by atoms with Gasteiger partial charge in [0.15, 0.2) is 0 Å². The molecule has 166 valence electrons. The van der Waals surface area contributed by atoms with E-state index in [-0.39, 0.29) is 11.8 Å². The molecule has 4 aromatic rings. The first-order valence-corrected chi connectivity index (χ1v) is 11.0. The maximum Gasteiger partial charge on any atom is 0.262 e. The highest BCUT2D eigenvalue weighted by atomic mass is 16.2. The molecule has 2 amide bonds. The minimum Gasteiger partial charge on any atom is -0.308 e. The van der Waals surface area contributed by atoms with E-state index in [1.54, 1.807) is 24.4 Å². The fourth-order valence-corrected chi connectivity index (χ4v) is 4.38. The number of carbonyl (C=O) groups is 2. The Balaban J connectivity index is 1.71. The summed E-state index contributed by atoms with van der Waals surface area (Å²) in [6, 6.07) is 22.6. The predicted molar refractivity (Wildman–Crippen MR) is 134 cm³/mol. The van der Waals surface area contributed by atoms with Crippen LogP contribution in [0.15, 0.2) is 71.7 Å². The Bertz CT molecular complexity index is 1530. The maximum atomic E-state index is 13.7. The van der Waals surface area contributed by atoms with E-state index in [0.717, 1.165) is 21.7 Å². The van der Waals surface area contributed by atoms with E-state index in [0.29, 0.717) is 40.9 Å². The molecule has 0 fully saturated rings. The first-order chi connectivity index (χ1) is 16.5. The molecule has 0 unspecified atom stereocenters. The van der Waals surface area contributed by atoms with Crippen LogP contribution in [0.25, 0.3) is 21.5 Å². The smallest absolute Gasteiger partial charge is 0.262 e. The van der Waals surface area contributed by atoms with Crippen molar-refractivity contribution in [2.24, 2.45) is 4.99 Å². The second-order valence-corrected chi connectivity index (χ2v) is 8.59. The van der Waals surface area contributed by atoms with Crippen LogP contribution in [0.3, 0.4) is 0 Å². The van der Waals surface area contributed by atoms with Crippen molar-refractivity contribution in [2.75, 3.05) is 27.2 Å². The average Bonchev–Trinajstić information content (AvgIpc) is 2.85. The van der Waals surface area contributed by atoms with Crippen molar-refractivity contribution in [3.63, 3.8) is 0 Å². The fraction of sp³-hybridized carbons (Fsp3) is 0.143. The van der Waals surface area contributed by atoms with Crippen LogP contribution in [-0.4, -0.2) is 55.0 Å². The molecule has 5 rings (SSSR count). The van der Waals surface area contributed by atoms with Gasteiger partial charge >= 0.3 is 0 Å². The zero-order chi connectivity index (χ0) is 23.8. The van der Waals surface area contributed by atoms with E-state index in [9.17, 15) is 9.59 Å². The number of imide groups is 1. The van der Waals surface area contributed by atoms with Gasteiger partial charge in [-0.2, -0.15) is 5.26 Å². The summed E-state index contributed by atoms with van der Waals surface area (Å²) in [7, 11) is 3.83. The molecule has 0 bridgehead atoms. The number of fused-ring (bicyclic) bond motifs is 2. The summed E-state index contributed by atoms with van der Waals surface area (Å²) in [5.41, 5.74) is 3.15. The highest BCUT2D eigenvalue weighted by molar-refractivity contribution is 6.31. The summed E-state index contributed by atoms with van der Waals surface area (Å²) in [6.45, 7) is 0.894. The van der Waals surface area contributed by atoms with E-state index in [4.69, 9.17) is 10.3 Å². The molecule has 1 heterocycles. The standard InChI is InChI=1S/C28H22N4O2/c1-31(2)13-14-32-27(33)22-7-3-5-20-15-21-6-4-8-23(25(21)26(24(20)22)28(32)34)30-17-19-11-9-18(16-29)10-12-19/h3-12,15,17H,13-14H2,1-2H3. The quantitative estimate of drug-likeness (QED) is 0.251. The lowest BCUT2D eigenvalue weighted by Gasteiger charge is -2.29. The Morgan fingerprint density at radius 3 is 2.35 bits per heavy atom. The lowest BCUT2D eigenvalue weighted by Crippen LogP contribution is -2.43. The van der Waals surface area contributed by atoms with E-state index in [1.807, 2.05) is 67.5 Å². The largest absolute Gasteiger partial charge is 0.308 e. The third-order valence-electron chi connectivity index (χ3n) is 6.08. The Hall–Kier alpha value is -4.34. The van der Waals surface area contributed by atoms with Crippen LogP contribution < -0.4 is 0 Å². The molecule has 34 heavy (non-hydrogen) atoms. The first-order valence-electron chi connectivity index (χ1n) is 11.0. The molecule has 1 aliphatic rings. The highest BCUT2D eigenvalue weighted by Crippen LogP contribution is 2.39. The average molecular weight is 447 g/mol. The molecule has 0 atom stereocenters. The number of nitrogens with zero attached hydrogens (tertiary/aromatic N) is 4. The maximum absolute atomic E-state index is 13.7. The molecule has 6 heteroatoms. The van der Waals surface area contributed by atoms with E-state index < -0.39 is 0 Å². The lowest BCUT2D eigenvalue weighted by atomic mass is 9.89. The van der Waals surface area contributed by atoms with Gasteiger partial charge in [0.05, 0.1) is 22.9 Å². The molecular formula is C28H22N4O2. The Morgan fingerprint density at radius 2 is 1.65 bits per heavy atom. The van der Waals surface area contributed by atoms with Gasteiger partial charge in [0.25, 0.3) is 11.8 Å². The van der Waals surface area contributed by atoms with Crippen molar-refractivity contribution < 1.29 is 9.59 Å². The van der Waals surface area contributed by atoms with E-state index in [2.05, 4.69) is 6.07 Å². The molecule has 0 aliphatic carbocycles. The van der Waals surface area contributed by atoms with Crippen molar-refractivity contribution in [2.45, 2.75) is 0 Å². The Kier molecular flexibility index (Phi) is 5.40. The molecule has 0 aromatic heterocycles. The van der Waals surface area contributed by atoms with Crippen LogP contribution in [0, 0.1) is 11.3 Å². The number of aliphatic imine (C=N–C) groups is 1. The third kappa shape index (κ3) is 3.62. The van der Waals surface area contributed by atoms with Gasteiger partial charge in [-0.3, -0.25) is 19.5 Å². The second kappa shape index (κ2) is 8.54. The third-order valence-corrected chi connectivity index (χ3v) is 6.08. The summed E-state index contributed by atoms with van der Waals surface area (Å²) in [5, 5.41) is 12.2. The van der Waals surface area contributed by atoms with Gasteiger partial charge < -0.3 is 4.90 Å². The Labute approximate surface area is 197 Å². The van der Waals surface area contributed by atoms with Crippen molar-refractivity contribution in [1.82, 2.24) is 9.80 Å². The van der Waals surface area contributed by atoms with Gasteiger partial charge in [0.1, 0.15) is 0 Å². The predicted octanol–water partition coefficient (Wildman–Crippen LogP) is 4.77. The van der Waals surface area contributed by atoms with Crippen LogP contribution in [-0.2, 0) is 0 Å². The number of hydrogen-bond acceptors (Lipinski definition) is 5. The van der Waals surface area contributed by atoms with Crippen LogP contribution >= 0.6 is 0 Å². The number of benzene rings is 4. The lowest BCUT2D eigenvalue weighted by molar-refractivity contribution is 0.0602. The van der Waals surface area contributed by atoms with Gasteiger partial charge in [0, 0.05) is 35.6 Å². The minimum atomic E-state index is -0.290. The summed E-state index contributed by atoms with van der Waals surface area (Å²) in [6.07, 6.45) is 1.72. The number of amides is 2. The Morgan fingerprint density at radius 1 is 0.941 bits per heavy atom.